The molecule has 164 valence electrons. The molecule has 2 atom stereocenters. The van der Waals surface area contributed by atoms with Gasteiger partial charge in [0.15, 0.2) is 11.0 Å². The monoisotopic (exact) mass is 448 g/mol. The van der Waals surface area contributed by atoms with E-state index in [0.717, 1.165) is 29.7 Å². The summed E-state index contributed by atoms with van der Waals surface area (Å²) in [6.45, 7) is 11.0. The van der Waals surface area contributed by atoms with E-state index in [9.17, 15) is 4.79 Å². The summed E-state index contributed by atoms with van der Waals surface area (Å²) in [5.41, 5.74) is 1.83. The maximum Gasteiger partial charge on any atom is 0.233 e. The van der Waals surface area contributed by atoms with Crippen LogP contribution in [0.4, 0.5) is 0 Å². The molecule has 8 heteroatoms. The number of hydrogen-bond acceptors (Lipinski definition) is 6. The predicted molar refractivity (Wildman–Crippen MR) is 122 cm³/mol. The molecule has 2 aromatic rings. The van der Waals surface area contributed by atoms with Gasteiger partial charge in [-0.25, -0.2) is 0 Å². The lowest BCUT2D eigenvalue weighted by Gasteiger charge is -2.33. The number of rotatable bonds is 4. The lowest BCUT2D eigenvalue weighted by Crippen LogP contribution is -2.45. The molecule has 1 saturated heterocycles. The van der Waals surface area contributed by atoms with Crippen molar-refractivity contribution in [1.82, 2.24) is 19.7 Å². The van der Waals surface area contributed by atoms with Gasteiger partial charge in [-0.15, -0.1) is 21.5 Å². The van der Waals surface area contributed by atoms with Crippen LogP contribution in [0, 0.1) is 11.3 Å². The molecule has 2 unspecified atom stereocenters. The van der Waals surface area contributed by atoms with Gasteiger partial charge in [0.25, 0.3) is 0 Å². The fourth-order valence-electron chi connectivity index (χ4n) is 4.29. The molecular weight excluding hydrogens is 416 g/mol. The Morgan fingerprint density at radius 2 is 2.17 bits per heavy atom. The number of ether oxygens (including phenoxy) is 1. The molecule has 2 aliphatic rings. The van der Waals surface area contributed by atoms with E-state index < -0.39 is 0 Å². The second-order valence-corrected chi connectivity index (χ2v) is 11.6. The number of aryl methyl sites for hydroxylation is 1. The molecule has 1 aliphatic heterocycles. The van der Waals surface area contributed by atoms with Crippen LogP contribution in [-0.4, -0.2) is 57.1 Å². The number of hydrogen-bond donors (Lipinski definition) is 0. The van der Waals surface area contributed by atoms with Gasteiger partial charge in [0, 0.05) is 25.0 Å². The first-order chi connectivity index (χ1) is 14.2. The molecule has 2 aromatic heterocycles. The number of thioether (sulfide) groups is 1. The average Bonchev–Trinajstić information content (AvgIpc) is 3.27. The Balaban J connectivity index is 1.43. The quantitative estimate of drug-likeness (QED) is 0.661. The summed E-state index contributed by atoms with van der Waals surface area (Å²) >= 11 is 3.32. The van der Waals surface area contributed by atoms with Crippen molar-refractivity contribution >= 4 is 29.0 Å². The van der Waals surface area contributed by atoms with Crippen LogP contribution in [0.3, 0.4) is 0 Å². The maximum atomic E-state index is 12.5. The molecule has 4 rings (SSSR count). The standard InChI is InChI=1S/C22H32N4O2S2/c1-14-12-26(8-9-28-14)19(27)13-29-21-24-23-20(25(21)5)18-11-15-10-16(22(2,3)4)6-7-17(15)30-18/h11,14,16H,6-10,12-13H2,1-5H3. The van der Waals surface area contributed by atoms with Crippen molar-refractivity contribution in [2.75, 3.05) is 25.4 Å². The van der Waals surface area contributed by atoms with E-state index in [1.807, 2.05) is 34.8 Å². The van der Waals surface area contributed by atoms with Gasteiger partial charge < -0.3 is 14.2 Å². The first-order valence-electron chi connectivity index (χ1n) is 10.8. The molecule has 0 saturated carbocycles. The van der Waals surface area contributed by atoms with Gasteiger partial charge in [0.2, 0.25) is 5.91 Å². The van der Waals surface area contributed by atoms with E-state index in [1.54, 1.807) is 0 Å². The first-order valence-corrected chi connectivity index (χ1v) is 12.6. The molecule has 0 radical (unpaired) electrons. The van der Waals surface area contributed by atoms with Crippen LogP contribution in [0.25, 0.3) is 10.7 Å². The molecule has 0 N–H and O–H groups in total. The summed E-state index contributed by atoms with van der Waals surface area (Å²) in [5, 5.41) is 9.62. The third kappa shape index (κ3) is 4.60. The van der Waals surface area contributed by atoms with Crippen molar-refractivity contribution in [2.24, 2.45) is 18.4 Å². The average molecular weight is 449 g/mol. The Morgan fingerprint density at radius 3 is 2.90 bits per heavy atom. The number of amides is 1. The van der Waals surface area contributed by atoms with Crippen molar-refractivity contribution in [3.05, 3.63) is 16.5 Å². The fraction of sp³-hybridized carbons (Fsp3) is 0.682. The zero-order chi connectivity index (χ0) is 21.5. The van der Waals surface area contributed by atoms with Crippen molar-refractivity contribution < 1.29 is 9.53 Å². The lowest BCUT2D eigenvalue weighted by atomic mass is 9.72. The Kier molecular flexibility index (Phi) is 6.28. The minimum atomic E-state index is 0.108. The normalized spacial score (nSPS) is 22.2. The number of aromatic nitrogens is 3. The number of morpholine rings is 1. The number of carbonyl (C=O) groups is 1. The van der Waals surface area contributed by atoms with Gasteiger partial charge in [-0.1, -0.05) is 32.5 Å². The van der Waals surface area contributed by atoms with Gasteiger partial charge in [-0.2, -0.15) is 0 Å². The highest BCUT2D eigenvalue weighted by Crippen LogP contribution is 2.42. The lowest BCUT2D eigenvalue weighted by molar-refractivity contribution is -0.135. The fourth-order valence-corrected chi connectivity index (χ4v) is 6.33. The highest BCUT2D eigenvalue weighted by atomic mass is 32.2. The molecule has 6 nitrogen and oxygen atoms in total. The van der Waals surface area contributed by atoms with Crippen molar-refractivity contribution in [1.29, 1.82) is 0 Å². The second-order valence-electron chi connectivity index (χ2n) is 9.54. The Labute approximate surface area is 187 Å². The van der Waals surface area contributed by atoms with Crippen LogP contribution < -0.4 is 0 Å². The predicted octanol–water partition coefficient (Wildman–Crippen LogP) is 4.03. The molecule has 30 heavy (non-hydrogen) atoms. The summed E-state index contributed by atoms with van der Waals surface area (Å²) in [7, 11) is 2.00. The van der Waals surface area contributed by atoms with E-state index in [0.29, 0.717) is 30.9 Å². The van der Waals surface area contributed by atoms with E-state index in [4.69, 9.17) is 4.74 Å². The summed E-state index contributed by atoms with van der Waals surface area (Å²) in [4.78, 5) is 17.1. The van der Waals surface area contributed by atoms with Gasteiger partial charge >= 0.3 is 0 Å². The van der Waals surface area contributed by atoms with Crippen LogP contribution in [-0.2, 0) is 29.4 Å². The van der Waals surface area contributed by atoms with Crippen molar-refractivity contribution in [3.8, 4) is 10.7 Å². The maximum absolute atomic E-state index is 12.5. The minimum absolute atomic E-state index is 0.108. The molecule has 1 aliphatic carbocycles. The molecule has 3 heterocycles. The summed E-state index contributed by atoms with van der Waals surface area (Å²) in [5.74, 6) is 2.15. The minimum Gasteiger partial charge on any atom is -0.375 e. The third-order valence-electron chi connectivity index (χ3n) is 6.28. The van der Waals surface area contributed by atoms with E-state index in [-0.39, 0.29) is 12.0 Å². The summed E-state index contributed by atoms with van der Waals surface area (Å²) < 4.78 is 7.55. The first kappa shape index (κ1) is 21.8. The van der Waals surface area contributed by atoms with Crippen molar-refractivity contribution in [2.45, 2.75) is 58.2 Å². The van der Waals surface area contributed by atoms with Gasteiger partial charge in [-0.05, 0) is 49.1 Å². The Hall–Kier alpha value is -1.38. The van der Waals surface area contributed by atoms with Gasteiger partial charge in [0.1, 0.15) is 0 Å². The number of fused-ring (bicyclic) bond motifs is 1. The van der Waals surface area contributed by atoms with E-state index >= 15 is 0 Å². The van der Waals surface area contributed by atoms with Crippen LogP contribution in [0.15, 0.2) is 11.2 Å². The second kappa shape index (κ2) is 8.63. The van der Waals surface area contributed by atoms with Crippen LogP contribution >= 0.6 is 23.1 Å². The largest absolute Gasteiger partial charge is 0.375 e. The third-order valence-corrected chi connectivity index (χ3v) is 8.52. The zero-order valence-electron chi connectivity index (χ0n) is 18.6. The van der Waals surface area contributed by atoms with E-state index in [2.05, 4.69) is 37.0 Å². The highest BCUT2D eigenvalue weighted by Gasteiger charge is 2.30. The zero-order valence-corrected chi connectivity index (χ0v) is 20.2. The summed E-state index contributed by atoms with van der Waals surface area (Å²) in [6.07, 6.45) is 3.69. The molecule has 1 fully saturated rings. The molecular formula is C22H32N4O2S2. The van der Waals surface area contributed by atoms with Crippen LogP contribution in [0.5, 0.6) is 0 Å². The molecule has 0 aromatic carbocycles. The molecule has 0 bridgehead atoms. The van der Waals surface area contributed by atoms with Crippen LogP contribution in [0.2, 0.25) is 0 Å². The van der Waals surface area contributed by atoms with Gasteiger partial charge in [-0.3, -0.25) is 4.79 Å². The van der Waals surface area contributed by atoms with Crippen molar-refractivity contribution in [3.63, 3.8) is 0 Å². The Bertz CT molecular complexity index is 915. The van der Waals surface area contributed by atoms with Gasteiger partial charge in [0.05, 0.1) is 23.3 Å². The summed E-state index contributed by atoms with van der Waals surface area (Å²) in [6, 6.07) is 2.32. The van der Waals surface area contributed by atoms with E-state index in [1.165, 1.54) is 33.5 Å². The number of thiophene rings is 1. The molecule has 1 amide bonds. The molecule has 0 spiro atoms. The number of nitrogens with zero attached hydrogens (tertiary/aromatic N) is 4. The highest BCUT2D eigenvalue weighted by molar-refractivity contribution is 7.99. The topological polar surface area (TPSA) is 60.2 Å². The number of carbonyl (C=O) groups excluding carboxylic acids is 1. The smallest absolute Gasteiger partial charge is 0.233 e. The SMILES string of the molecule is CC1CN(C(=O)CSc2nnc(-c3cc4c(s3)CCC(C(C)(C)C)C4)n2C)CCO1. The van der Waals surface area contributed by atoms with Crippen LogP contribution in [0.1, 0.15) is 44.6 Å². The Morgan fingerprint density at radius 1 is 1.37 bits per heavy atom.